The maximum atomic E-state index is 11.5. The fraction of sp³-hybridized carbons (Fsp3) is 0.444. The van der Waals surface area contributed by atoms with Crippen LogP contribution in [0, 0.1) is 11.8 Å². The van der Waals surface area contributed by atoms with Crippen molar-refractivity contribution in [2.75, 3.05) is 24.6 Å². The van der Waals surface area contributed by atoms with Crippen LogP contribution in [0.25, 0.3) is 0 Å². The summed E-state index contributed by atoms with van der Waals surface area (Å²) in [5.74, 6) is 1.61. The van der Waals surface area contributed by atoms with Gasteiger partial charge in [-0.25, -0.2) is 0 Å². The Morgan fingerprint density at radius 1 is 1.28 bits per heavy atom. The van der Waals surface area contributed by atoms with Crippen LogP contribution < -0.4 is 9.64 Å². The SMILES string of the molecule is C=CC(O)C1CCC1CN1CC(c2ccc(Cl)cc2CCC)COc2ccc(C=O)cc21. The molecular weight excluding hydrogens is 422 g/mol. The lowest BCUT2D eigenvalue weighted by Crippen LogP contribution is -2.43. The molecule has 0 radical (unpaired) electrons. The van der Waals surface area contributed by atoms with Crippen molar-refractivity contribution in [3.63, 3.8) is 0 Å². The highest BCUT2D eigenvalue weighted by Crippen LogP contribution is 2.42. The monoisotopic (exact) mass is 453 g/mol. The molecule has 2 aliphatic rings. The van der Waals surface area contributed by atoms with Gasteiger partial charge in [0.1, 0.15) is 12.0 Å². The first-order valence-electron chi connectivity index (χ1n) is 11.6. The molecule has 1 saturated carbocycles. The summed E-state index contributed by atoms with van der Waals surface area (Å²) in [4.78, 5) is 13.8. The number of aliphatic hydroxyl groups is 1. The van der Waals surface area contributed by atoms with E-state index in [0.29, 0.717) is 18.1 Å². The van der Waals surface area contributed by atoms with Crippen molar-refractivity contribution >= 4 is 23.6 Å². The number of halogens is 1. The molecule has 4 nitrogen and oxygen atoms in total. The van der Waals surface area contributed by atoms with Crippen LogP contribution in [0.4, 0.5) is 5.69 Å². The fourth-order valence-corrected chi connectivity index (χ4v) is 5.33. The molecule has 170 valence electrons. The Balaban J connectivity index is 1.67. The molecule has 32 heavy (non-hydrogen) atoms. The first-order chi connectivity index (χ1) is 15.5. The Bertz CT molecular complexity index is 975. The lowest BCUT2D eigenvalue weighted by atomic mass is 9.70. The molecule has 1 aliphatic heterocycles. The number of rotatable bonds is 8. The van der Waals surface area contributed by atoms with Gasteiger partial charge in [-0.15, -0.1) is 6.58 Å². The predicted molar refractivity (Wildman–Crippen MR) is 130 cm³/mol. The second kappa shape index (κ2) is 10.1. The predicted octanol–water partition coefficient (Wildman–Crippen LogP) is 5.66. The Morgan fingerprint density at radius 2 is 2.12 bits per heavy atom. The summed E-state index contributed by atoms with van der Waals surface area (Å²) in [6.07, 6.45) is 6.19. The van der Waals surface area contributed by atoms with Crippen LogP contribution in [-0.2, 0) is 6.42 Å². The number of hydrogen-bond acceptors (Lipinski definition) is 4. The minimum absolute atomic E-state index is 0.184. The summed E-state index contributed by atoms with van der Waals surface area (Å²) in [7, 11) is 0. The van der Waals surface area contributed by atoms with Crippen LogP contribution in [0.5, 0.6) is 5.75 Å². The summed E-state index contributed by atoms with van der Waals surface area (Å²) in [6, 6.07) is 11.8. The van der Waals surface area contributed by atoms with E-state index < -0.39 is 6.10 Å². The largest absolute Gasteiger partial charge is 0.491 e. The molecule has 2 aromatic rings. The molecule has 0 spiro atoms. The minimum Gasteiger partial charge on any atom is -0.491 e. The van der Waals surface area contributed by atoms with Crippen molar-refractivity contribution in [1.82, 2.24) is 0 Å². The average Bonchev–Trinajstić information content (AvgIpc) is 2.96. The Hall–Kier alpha value is -2.30. The number of carbonyl (C=O) groups is 1. The molecule has 0 saturated heterocycles. The van der Waals surface area contributed by atoms with Crippen LogP contribution in [0.1, 0.15) is 53.6 Å². The topological polar surface area (TPSA) is 49.8 Å². The Labute approximate surface area is 195 Å². The zero-order chi connectivity index (χ0) is 22.7. The highest BCUT2D eigenvalue weighted by atomic mass is 35.5. The van der Waals surface area contributed by atoms with Crippen LogP contribution in [0.15, 0.2) is 49.1 Å². The molecule has 0 amide bonds. The van der Waals surface area contributed by atoms with E-state index in [1.807, 2.05) is 24.3 Å². The van der Waals surface area contributed by atoms with Gasteiger partial charge in [0.05, 0.1) is 18.4 Å². The number of aldehydes is 1. The number of benzene rings is 2. The second-order valence-corrected chi connectivity index (χ2v) is 9.52. The third-order valence-electron chi connectivity index (χ3n) is 7.02. The van der Waals surface area contributed by atoms with Crippen LogP contribution in [0.2, 0.25) is 5.02 Å². The first-order valence-corrected chi connectivity index (χ1v) is 12.0. The van der Waals surface area contributed by atoms with E-state index in [-0.39, 0.29) is 11.8 Å². The maximum Gasteiger partial charge on any atom is 0.150 e. The average molecular weight is 454 g/mol. The van der Waals surface area contributed by atoms with Gasteiger partial charge in [0.2, 0.25) is 0 Å². The summed E-state index contributed by atoms with van der Waals surface area (Å²) in [5.41, 5.74) is 4.16. The number of ether oxygens (including phenoxy) is 1. The van der Waals surface area contributed by atoms with Crippen molar-refractivity contribution in [3.8, 4) is 5.75 Å². The summed E-state index contributed by atoms with van der Waals surface area (Å²) < 4.78 is 6.28. The molecule has 5 heteroatoms. The van der Waals surface area contributed by atoms with Crippen LogP contribution in [0.3, 0.4) is 0 Å². The van der Waals surface area contributed by atoms with Crippen LogP contribution in [-0.4, -0.2) is 37.2 Å². The molecule has 1 aliphatic carbocycles. The number of aryl methyl sites for hydroxylation is 1. The van der Waals surface area contributed by atoms with Crippen molar-refractivity contribution in [2.45, 2.75) is 44.6 Å². The molecule has 4 atom stereocenters. The number of anilines is 1. The first kappa shape index (κ1) is 22.9. The smallest absolute Gasteiger partial charge is 0.150 e. The van der Waals surface area contributed by atoms with Crippen molar-refractivity contribution in [1.29, 1.82) is 0 Å². The van der Waals surface area contributed by atoms with E-state index in [1.54, 1.807) is 6.08 Å². The van der Waals surface area contributed by atoms with E-state index >= 15 is 0 Å². The summed E-state index contributed by atoms with van der Waals surface area (Å²) in [6.45, 7) is 8.14. The lowest BCUT2D eigenvalue weighted by molar-refractivity contribution is 0.0465. The van der Waals surface area contributed by atoms with Gasteiger partial charge >= 0.3 is 0 Å². The Kier molecular flexibility index (Phi) is 7.22. The summed E-state index contributed by atoms with van der Waals surface area (Å²) in [5, 5.41) is 11.1. The van der Waals surface area contributed by atoms with Gasteiger partial charge in [-0.05, 0) is 72.6 Å². The van der Waals surface area contributed by atoms with E-state index in [9.17, 15) is 9.90 Å². The number of carbonyl (C=O) groups excluding carboxylic acids is 1. The van der Waals surface area contributed by atoms with Gasteiger partial charge in [-0.3, -0.25) is 4.79 Å². The molecule has 0 bridgehead atoms. The van der Waals surface area contributed by atoms with Crippen molar-refractivity contribution in [2.24, 2.45) is 11.8 Å². The third-order valence-corrected chi connectivity index (χ3v) is 7.25. The quantitative estimate of drug-likeness (QED) is 0.414. The van der Waals surface area contributed by atoms with Crippen LogP contribution >= 0.6 is 11.6 Å². The Morgan fingerprint density at radius 3 is 2.81 bits per heavy atom. The third kappa shape index (κ3) is 4.72. The van der Waals surface area contributed by atoms with Gasteiger partial charge in [-0.1, -0.05) is 37.1 Å². The van der Waals surface area contributed by atoms with Crippen molar-refractivity contribution < 1.29 is 14.6 Å². The molecule has 1 N–H and O–H groups in total. The lowest BCUT2D eigenvalue weighted by Gasteiger charge is -2.42. The standard InChI is InChI=1S/C27H32ClNO3/c1-3-5-19-13-22(28)8-10-23(19)21-15-29(14-20-7-9-24(20)26(31)4-2)25-12-18(16-30)6-11-27(25)32-17-21/h4,6,8,10-13,16,20-21,24,26,31H,2-3,5,7,9,14-15,17H2,1H3. The number of aliphatic hydroxyl groups excluding tert-OH is 1. The molecule has 1 fully saturated rings. The second-order valence-electron chi connectivity index (χ2n) is 9.08. The van der Waals surface area contributed by atoms with Gasteiger partial charge in [0.15, 0.2) is 0 Å². The van der Waals surface area contributed by atoms with E-state index in [1.165, 1.54) is 11.1 Å². The van der Waals surface area contributed by atoms with E-state index in [4.69, 9.17) is 16.3 Å². The number of fused-ring (bicyclic) bond motifs is 1. The molecule has 4 rings (SSSR count). The van der Waals surface area contributed by atoms with E-state index in [0.717, 1.165) is 61.5 Å². The van der Waals surface area contributed by atoms with Gasteiger partial charge in [0.25, 0.3) is 0 Å². The van der Waals surface area contributed by atoms with Gasteiger partial charge in [0, 0.05) is 29.6 Å². The molecule has 4 unspecified atom stereocenters. The number of nitrogens with zero attached hydrogens (tertiary/aromatic N) is 1. The van der Waals surface area contributed by atoms with Gasteiger partial charge < -0.3 is 14.7 Å². The van der Waals surface area contributed by atoms with E-state index in [2.05, 4.69) is 30.5 Å². The zero-order valence-corrected chi connectivity index (χ0v) is 19.4. The zero-order valence-electron chi connectivity index (χ0n) is 18.7. The molecule has 1 heterocycles. The van der Waals surface area contributed by atoms with Crippen molar-refractivity contribution in [3.05, 3.63) is 70.8 Å². The molecule has 2 aromatic carbocycles. The normalized spacial score (nSPS) is 23.3. The minimum atomic E-state index is -0.471. The van der Waals surface area contributed by atoms with Gasteiger partial charge in [-0.2, -0.15) is 0 Å². The molecular formula is C27H32ClNO3. The molecule has 0 aromatic heterocycles. The maximum absolute atomic E-state index is 11.5. The summed E-state index contributed by atoms with van der Waals surface area (Å²) >= 11 is 6.31. The highest BCUT2D eigenvalue weighted by Gasteiger charge is 2.37. The number of hydrogen-bond donors (Lipinski definition) is 1. The highest BCUT2D eigenvalue weighted by molar-refractivity contribution is 6.30. The fourth-order valence-electron chi connectivity index (χ4n) is 5.13.